The molecule has 1 aromatic carbocycles. The van der Waals surface area contributed by atoms with Gasteiger partial charge in [0.05, 0.1) is 10.0 Å². The van der Waals surface area contributed by atoms with Crippen LogP contribution in [0.5, 0.6) is 0 Å². The summed E-state index contributed by atoms with van der Waals surface area (Å²) in [6.45, 7) is 0.264. The molecule has 3 nitrogen and oxygen atoms in total. The molecule has 94 valence electrons. The van der Waals surface area contributed by atoms with E-state index in [0.29, 0.717) is 16.4 Å². The molecule has 2 rings (SSSR count). The van der Waals surface area contributed by atoms with E-state index in [1.165, 1.54) is 12.1 Å². The van der Waals surface area contributed by atoms with Crippen molar-refractivity contribution in [3.8, 4) is 0 Å². The Balaban J connectivity index is 2.16. The molecule has 0 atom stereocenters. The van der Waals surface area contributed by atoms with E-state index >= 15 is 0 Å². The molecular formula is C12H10Cl2FN3. The molecule has 1 heterocycles. The average molecular weight is 286 g/mol. The van der Waals surface area contributed by atoms with Gasteiger partial charge in [-0.3, -0.25) is 0 Å². The van der Waals surface area contributed by atoms with Gasteiger partial charge in [-0.15, -0.1) is 0 Å². The van der Waals surface area contributed by atoms with E-state index in [0.717, 1.165) is 0 Å². The molecular weight excluding hydrogens is 276 g/mol. The standard InChI is InChI=1S/C12H10Cl2FN3/c13-8-5-9(14)12(18-11(8)16)17-6-7-3-1-2-4-10(7)15/h1-5H,6H2,(H3,16,17,18). The van der Waals surface area contributed by atoms with Crippen molar-refractivity contribution in [1.82, 2.24) is 4.98 Å². The van der Waals surface area contributed by atoms with Crippen molar-refractivity contribution in [2.75, 3.05) is 11.1 Å². The van der Waals surface area contributed by atoms with Crippen molar-refractivity contribution in [1.29, 1.82) is 0 Å². The predicted molar refractivity (Wildman–Crippen MR) is 72.4 cm³/mol. The summed E-state index contributed by atoms with van der Waals surface area (Å²) in [5, 5.41) is 3.54. The summed E-state index contributed by atoms with van der Waals surface area (Å²) in [5.41, 5.74) is 6.09. The second-order valence-corrected chi connectivity index (χ2v) is 4.45. The maximum absolute atomic E-state index is 13.4. The zero-order chi connectivity index (χ0) is 13.1. The third-order valence-electron chi connectivity index (χ3n) is 2.36. The van der Waals surface area contributed by atoms with Crippen LogP contribution in [0.25, 0.3) is 0 Å². The van der Waals surface area contributed by atoms with Crippen LogP contribution in [0.2, 0.25) is 10.0 Å². The lowest BCUT2D eigenvalue weighted by Gasteiger charge is -2.09. The minimum Gasteiger partial charge on any atom is -0.382 e. The fraction of sp³-hybridized carbons (Fsp3) is 0.0833. The van der Waals surface area contributed by atoms with Gasteiger partial charge in [-0.25, -0.2) is 9.37 Å². The van der Waals surface area contributed by atoms with Crippen LogP contribution in [0.1, 0.15) is 5.56 Å². The molecule has 0 fully saturated rings. The van der Waals surface area contributed by atoms with Crippen LogP contribution in [0.3, 0.4) is 0 Å². The van der Waals surface area contributed by atoms with E-state index in [4.69, 9.17) is 28.9 Å². The van der Waals surface area contributed by atoms with Crippen molar-refractivity contribution in [2.24, 2.45) is 0 Å². The topological polar surface area (TPSA) is 50.9 Å². The molecule has 2 aromatic rings. The zero-order valence-electron chi connectivity index (χ0n) is 9.25. The van der Waals surface area contributed by atoms with Crippen molar-refractivity contribution < 1.29 is 4.39 Å². The molecule has 0 saturated carbocycles. The van der Waals surface area contributed by atoms with Gasteiger partial charge >= 0.3 is 0 Å². The van der Waals surface area contributed by atoms with E-state index in [-0.39, 0.29) is 23.2 Å². The summed E-state index contributed by atoms with van der Waals surface area (Å²) in [7, 11) is 0. The lowest BCUT2D eigenvalue weighted by molar-refractivity contribution is 0.613. The Bertz CT molecular complexity index is 575. The quantitative estimate of drug-likeness (QED) is 0.904. The first-order valence-electron chi connectivity index (χ1n) is 5.16. The highest BCUT2D eigenvalue weighted by molar-refractivity contribution is 6.37. The third-order valence-corrected chi connectivity index (χ3v) is 2.95. The van der Waals surface area contributed by atoms with Crippen LogP contribution in [0.15, 0.2) is 30.3 Å². The second-order valence-electron chi connectivity index (χ2n) is 3.63. The van der Waals surface area contributed by atoms with Crippen LogP contribution in [-0.4, -0.2) is 4.98 Å². The highest BCUT2D eigenvalue weighted by atomic mass is 35.5. The number of aromatic nitrogens is 1. The van der Waals surface area contributed by atoms with E-state index in [1.54, 1.807) is 18.2 Å². The second kappa shape index (κ2) is 5.42. The van der Waals surface area contributed by atoms with E-state index in [9.17, 15) is 4.39 Å². The number of hydrogen-bond donors (Lipinski definition) is 2. The van der Waals surface area contributed by atoms with Gasteiger partial charge in [0.15, 0.2) is 0 Å². The highest BCUT2D eigenvalue weighted by Gasteiger charge is 2.07. The van der Waals surface area contributed by atoms with Crippen molar-refractivity contribution in [3.05, 3.63) is 51.8 Å². The van der Waals surface area contributed by atoms with Gasteiger partial charge in [-0.05, 0) is 12.1 Å². The monoisotopic (exact) mass is 285 g/mol. The van der Waals surface area contributed by atoms with Crippen LogP contribution in [-0.2, 0) is 6.54 Å². The molecule has 3 N–H and O–H groups in total. The normalized spacial score (nSPS) is 10.4. The third kappa shape index (κ3) is 2.83. The van der Waals surface area contributed by atoms with E-state index in [1.807, 2.05) is 0 Å². The van der Waals surface area contributed by atoms with Gasteiger partial charge in [0, 0.05) is 12.1 Å². The van der Waals surface area contributed by atoms with E-state index in [2.05, 4.69) is 10.3 Å². The maximum Gasteiger partial charge on any atom is 0.147 e. The summed E-state index contributed by atoms with van der Waals surface area (Å²) in [5.74, 6) is 0.266. The average Bonchev–Trinajstić information content (AvgIpc) is 2.34. The first kappa shape index (κ1) is 12.9. The smallest absolute Gasteiger partial charge is 0.147 e. The zero-order valence-corrected chi connectivity index (χ0v) is 10.8. The SMILES string of the molecule is Nc1nc(NCc2ccccc2F)c(Cl)cc1Cl. The Hall–Kier alpha value is -1.52. The van der Waals surface area contributed by atoms with Gasteiger partial charge in [-0.2, -0.15) is 0 Å². The minimum atomic E-state index is -0.289. The Labute approximate surface area is 114 Å². The van der Waals surface area contributed by atoms with Gasteiger partial charge in [0.2, 0.25) is 0 Å². The van der Waals surface area contributed by atoms with E-state index < -0.39 is 0 Å². The molecule has 0 aliphatic rings. The number of hydrogen-bond acceptors (Lipinski definition) is 3. The molecule has 1 aromatic heterocycles. The summed E-state index contributed by atoms with van der Waals surface area (Å²) in [6, 6.07) is 7.95. The van der Waals surface area contributed by atoms with Gasteiger partial charge in [0.25, 0.3) is 0 Å². The van der Waals surface area contributed by atoms with Gasteiger partial charge in [-0.1, -0.05) is 41.4 Å². The van der Waals surface area contributed by atoms with Crippen LogP contribution < -0.4 is 11.1 Å². The molecule has 0 spiro atoms. The number of rotatable bonds is 3. The molecule has 18 heavy (non-hydrogen) atoms. The first-order valence-corrected chi connectivity index (χ1v) is 5.92. The molecule has 0 amide bonds. The van der Waals surface area contributed by atoms with Crippen molar-refractivity contribution in [3.63, 3.8) is 0 Å². The van der Waals surface area contributed by atoms with Crippen molar-refractivity contribution in [2.45, 2.75) is 6.54 Å². The van der Waals surface area contributed by atoms with Gasteiger partial charge in [0.1, 0.15) is 17.5 Å². The number of halogens is 3. The fourth-order valence-corrected chi connectivity index (χ4v) is 1.85. The fourth-order valence-electron chi connectivity index (χ4n) is 1.43. The number of pyridine rings is 1. The number of anilines is 2. The summed E-state index contributed by atoms with van der Waals surface area (Å²) < 4.78 is 13.4. The minimum absolute atomic E-state index is 0.178. The molecule has 6 heteroatoms. The lowest BCUT2D eigenvalue weighted by Crippen LogP contribution is -2.05. The van der Waals surface area contributed by atoms with Crippen LogP contribution >= 0.6 is 23.2 Å². The largest absolute Gasteiger partial charge is 0.382 e. The van der Waals surface area contributed by atoms with Crippen LogP contribution in [0, 0.1) is 5.82 Å². The molecule has 0 bridgehead atoms. The Morgan fingerprint density at radius 1 is 1.22 bits per heavy atom. The number of nitrogens with one attached hydrogen (secondary N) is 1. The molecule has 0 saturated heterocycles. The van der Waals surface area contributed by atoms with Gasteiger partial charge < -0.3 is 11.1 Å². The lowest BCUT2D eigenvalue weighted by atomic mass is 10.2. The molecule has 0 unspecified atom stereocenters. The summed E-state index contributed by atoms with van der Waals surface area (Å²) in [4.78, 5) is 4.00. The number of nitrogen functional groups attached to an aromatic ring is 1. The summed E-state index contributed by atoms with van der Waals surface area (Å²) >= 11 is 11.7. The number of nitrogens with zero attached hydrogens (tertiary/aromatic N) is 1. The Morgan fingerprint density at radius 2 is 1.94 bits per heavy atom. The molecule has 0 aliphatic carbocycles. The number of benzene rings is 1. The predicted octanol–water partition coefficient (Wildman–Crippen LogP) is 3.72. The molecule has 0 aliphatic heterocycles. The Morgan fingerprint density at radius 3 is 2.67 bits per heavy atom. The Kier molecular flexibility index (Phi) is 3.89. The maximum atomic E-state index is 13.4. The molecule has 0 radical (unpaired) electrons. The highest BCUT2D eigenvalue weighted by Crippen LogP contribution is 2.27. The van der Waals surface area contributed by atoms with Crippen molar-refractivity contribution >= 4 is 34.8 Å². The summed E-state index contributed by atoms with van der Waals surface area (Å²) in [6.07, 6.45) is 0. The first-order chi connectivity index (χ1) is 8.58. The number of nitrogens with two attached hydrogens (primary N) is 1. The van der Waals surface area contributed by atoms with Crippen LogP contribution in [0.4, 0.5) is 16.0 Å².